The van der Waals surface area contributed by atoms with Gasteiger partial charge in [0.05, 0.1) is 6.61 Å². The molecule has 0 aliphatic heterocycles. The minimum atomic E-state index is -0.338. The summed E-state index contributed by atoms with van der Waals surface area (Å²) in [6.45, 7) is 4.09. The van der Waals surface area contributed by atoms with Crippen LogP contribution in [0, 0.1) is 35.5 Å². The number of carbonyl (C=O) groups is 1. The van der Waals surface area contributed by atoms with E-state index in [1.54, 1.807) is 0 Å². The van der Waals surface area contributed by atoms with Gasteiger partial charge in [-0.1, -0.05) is 13.0 Å². The van der Waals surface area contributed by atoms with Gasteiger partial charge in [-0.3, -0.25) is 0 Å². The summed E-state index contributed by atoms with van der Waals surface area (Å²) in [5, 5.41) is 9.32. The number of esters is 1. The summed E-state index contributed by atoms with van der Waals surface area (Å²) >= 11 is 0. The van der Waals surface area contributed by atoms with Gasteiger partial charge in [0, 0.05) is 12.7 Å². The minimum absolute atomic E-state index is 0.193. The highest BCUT2D eigenvalue weighted by molar-refractivity contribution is 5.81. The molecule has 0 saturated heterocycles. The minimum Gasteiger partial charge on any atom is -0.462 e. The fourth-order valence-electron chi connectivity index (χ4n) is 5.50. The molecule has 112 valence electrons. The molecule has 3 fully saturated rings. The maximum absolute atomic E-state index is 11.3. The van der Waals surface area contributed by atoms with E-state index < -0.39 is 0 Å². The van der Waals surface area contributed by atoms with Crippen molar-refractivity contribution in [1.29, 1.82) is 0 Å². The van der Waals surface area contributed by atoms with Crippen LogP contribution >= 0.6 is 0 Å². The third kappa shape index (κ3) is 2.41. The van der Waals surface area contributed by atoms with Crippen LogP contribution in [0.5, 0.6) is 0 Å². The van der Waals surface area contributed by atoms with Gasteiger partial charge in [-0.2, -0.15) is 0 Å². The number of hydrogen-bond donors (Lipinski definition) is 1. The lowest BCUT2D eigenvalue weighted by Crippen LogP contribution is -2.32. The van der Waals surface area contributed by atoms with Crippen molar-refractivity contribution in [3.63, 3.8) is 0 Å². The van der Waals surface area contributed by atoms with E-state index >= 15 is 0 Å². The molecule has 3 aliphatic carbocycles. The van der Waals surface area contributed by atoms with E-state index in [1.807, 2.05) is 0 Å². The molecule has 3 nitrogen and oxygen atoms in total. The molecule has 0 aromatic heterocycles. The summed E-state index contributed by atoms with van der Waals surface area (Å²) in [6.07, 6.45) is 8.92. The largest absolute Gasteiger partial charge is 0.462 e. The second-order valence-corrected chi connectivity index (χ2v) is 6.92. The van der Waals surface area contributed by atoms with Gasteiger partial charge in [0.1, 0.15) is 0 Å². The van der Waals surface area contributed by atoms with E-state index in [-0.39, 0.29) is 12.6 Å². The Morgan fingerprint density at radius 3 is 2.85 bits per heavy atom. The molecule has 3 saturated carbocycles. The third-order valence-corrected chi connectivity index (χ3v) is 6.19. The molecule has 0 amide bonds. The van der Waals surface area contributed by atoms with Gasteiger partial charge < -0.3 is 9.84 Å². The number of carbonyl (C=O) groups excluding carboxylic acids is 1. The molecule has 3 heteroatoms. The van der Waals surface area contributed by atoms with Gasteiger partial charge in [0.25, 0.3) is 0 Å². The summed E-state index contributed by atoms with van der Waals surface area (Å²) in [5.74, 6) is 4.30. The molecule has 3 rings (SSSR count). The summed E-state index contributed by atoms with van der Waals surface area (Å²) in [5.41, 5.74) is 0. The molecule has 3 aliphatic rings. The second kappa shape index (κ2) is 5.88. The lowest BCUT2D eigenvalue weighted by Gasteiger charge is -2.36. The van der Waals surface area contributed by atoms with Crippen molar-refractivity contribution in [3.8, 4) is 0 Å². The molecule has 0 aromatic carbocycles. The average molecular weight is 278 g/mol. The Labute approximate surface area is 121 Å². The monoisotopic (exact) mass is 278 g/mol. The third-order valence-electron chi connectivity index (χ3n) is 6.19. The number of hydrogen-bond acceptors (Lipinski definition) is 3. The van der Waals surface area contributed by atoms with Crippen LogP contribution in [0.2, 0.25) is 0 Å². The van der Waals surface area contributed by atoms with Crippen molar-refractivity contribution in [2.24, 2.45) is 35.5 Å². The van der Waals surface area contributed by atoms with Crippen LogP contribution in [0.25, 0.3) is 0 Å². The highest BCUT2D eigenvalue weighted by Crippen LogP contribution is 2.62. The van der Waals surface area contributed by atoms with E-state index in [9.17, 15) is 9.90 Å². The lowest BCUT2D eigenvalue weighted by molar-refractivity contribution is -0.140. The Balaban J connectivity index is 1.63. The summed E-state index contributed by atoms with van der Waals surface area (Å²) < 4.78 is 5.27. The van der Waals surface area contributed by atoms with Gasteiger partial charge in [-0.05, 0) is 67.6 Å². The van der Waals surface area contributed by atoms with Crippen molar-refractivity contribution in [1.82, 2.24) is 0 Å². The van der Waals surface area contributed by atoms with Gasteiger partial charge >= 0.3 is 5.97 Å². The molecule has 6 unspecified atom stereocenters. The van der Waals surface area contributed by atoms with Crippen LogP contribution in [0.15, 0.2) is 12.7 Å². The first-order chi connectivity index (χ1) is 9.74. The Kier molecular flexibility index (Phi) is 4.16. The fraction of sp³-hybridized carbons (Fsp3) is 0.824. The molecule has 1 N–H and O–H groups in total. The first-order valence-corrected chi connectivity index (χ1v) is 8.14. The molecule has 2 bridgehead atoms. The van der Waals surface area contributed by atoms with E-state index in [1.165, 1.54) is 38.2 Å². The standard InChI is InChI=1S/C17H26O3/c1-2-17(19)20-10-11(6-7-18)15-8-12-9-16(15)14-5-3-4-13(12)14/h2,11-16,18H,1,3-10H2. The van der Waals surface area contributed by atoms with Crippen molar-refractivity contribution in [2.75, 3.05) is 13.2 Å². The highest BCUT2D eigenvalue weighted by Gasteiger charge is 2.55. The lowest BCUT2D eigenvalue weighted by atomic mass is 9.70. The fourth-order valence-corrected chi connectivity index (χ4v) is 5.50. The Morgan fingerprint density at radius 2 is 2.10 bits per heavy atom. The summed E-state index contributed by atoms with van der Waals surface area (Å²) in [7, 11) is 0. The number of ether oxygens (including phenoxy) is 1. The average Bonchev–Trinajstić information content (AvgIpc) is 3.13. The van der Waals surface area contributed by atoms with E-state index in [0.717, 1.165) is 30.1 Å². The van der Waals surface area contributed by atoms with E-state index in [2.05, 4.69) is 6.58 Å². The number of rotatable bonds is 6. The van der Waals surface area contributed by atoms with Gasteiger partial charge in [0.15, 0.2) is 0 Å². The molecule has 0 spiro atoms. The van der Waals surface area contributed by atoms with Crippen LogP contribution in [0.4, 0.5) is 0 Å². The molecule has 0 heterocycles. The van der Waals surface area contributed by atoms with Crippen LogP contribution in [-0.2, 0) is 9.53 Å². The first-order valence-electron chi connectivity index (χ1n) is 8.14. The molecule has 0 aromatic rings. The topological polar surface area (TPSA) is 46.5 Å². The number of aliphatic hydroxyl groups excluding tert-OH is 1. The molecular formula is C17H26O3. The molecular weight excluding hydrogens is 252 g/mol. The molecule has 0 radical (unpaired) electrons. The Bertz CT molecular complexity index is 378. The van der Waals surface area contributed by atoms with Crippen molar-refractivity contribution in [3.05, 3.63) is 12.7 Å². The second-order valence-electron chi connectivity index (χ2n) is 6.92. The number of fused-ring (bicyclic) bond motifs is 5. The zero-order valence-electron chi connectivity index (χ0n) is 12.2. The van der Waals surface area contributed by atoms with Crippen LogP contribution in [0.3, 0.4) is 0 Å². The molecule has 6 atom stereocenters. The van der Waals surface area contributed by atoms with Gasteiger partial charge in [0.2, 0.25) is 0 Å². The zero-order chi connectivity index (χ0) is 14.1. The van der Waals surface area contributed by atoms with Gasteiger partial charge in [-0.15, -0.1) is 0 Å². The predicted octanol–water partition coefficient (Wildman–Crippen LogP) is 2.79. The molecule has 20 heavy (non-hydrogen) atoms. The summed E-state index contributed by atoms with van der Waals surface area (Å²) in [6, 6.07) is 0. The van der Waals surface area contributed by atoms with E-state index in [4.69, 9.17) is 4.74 Å². The maximum atomic E-state index is 11.3. The SMILES string of the molecule is C=CC(=O)OCC(CCO)C1CC2CC1C1CCCC21. The van der Waals surface area contributed by atoms with Crippen molar-refractivity contribution < 1.29 is 14.6 Å². The smallest absolute Gasteiger partial charge is 0.330 e. The van der Waals surface area contributed by atoms with Crippen molar-refractivity contribution in [2.45, 2.75) is 38.5 Å². The zero-order valence-corrected chi connectivity index (χ0v) is 12.2. The first kappa shape index (κ1) is 14.1. The maximum Gasteiger partial charge on any atom is 0.330 e. The van der Waals surface area contributed by atoms with Crippen molar-refractivity contribution >= 4 is 5.97 Å². The Morgan fingerprint density at radius 1 is 1.30 bits per heavy atom. The van der Waals surface area contributed by atoms with Crippen LogP contribution in [0.1, 0.15) is 38.5 Å². The highest BCUT2D eigenvalue weighted by atomic mass is 16.5. The van der Waals surface area contributed by atoms with Crippen LogP contribution in [-0.4, -0.2) is 24.3 Å². The van der Waals surface area contributed by atoms with Gasteiger partial charge in [-0.25, -0.2) is 4.79 Å². The quantitative estimate of drug-likeness (QED) is 0.600. The predicted molar refractivity (Wildman–Crippen MR) is 76.9 cm³/mol. The van der Waals surface area contributed by atoms with Crippen LogP contribution < -0.4 is 0 Å². The summed E-state index contributed by atoms with van der Waals surface area (Å²) in [4.78, 5) is 11.3. The Hall–Kier alpha value is -0.830. The van der Waals surface area contributed by atoms with E-state index in [0.29, 0.717) is 18.4 Å². The normalized spacial score (nSPS) is 39.5. The number of aliphatic hydroxyl groups is 1.